The second-order valence-electron chi connectivity index (χ2n) is 4.55. The van der Waals surface area contributed by atoms with E-state index in [0.29, 0.717) is 0 Å². The van der Waals surface area contributed by atoms with E-state index in [0.717, 1.165) is 19.0 Å². The van der Waals surface area contributed by atoms with E-state index >= 15 is 0 Å². The quantitative estimate of drug-likeness (QED) is 0.821. The Bertz CT molecular complexity index is 464. The van der Waals surface area contributed by atoms with Gasteiger partial charge in [-0.05, 0) is 41.5 Å². The van der Waals surface area contributed by atoms with Crippen LogP contribution in [0.15, 0.2) is 30.5 Å². The van der Waals surface area contributed by atoms with Crippen molar-refractivity contribution in [2.24, 2.45) is 5.92 Å². The number of aromatic nitrogens is 1. The predicted molar refractivity (Wildman–Crippen MR) is 77.6 cm³/mol. The van der Waals surface area contributed by atoms with Gasteiger partial charge in [0.1, 0.15) is 0 Å². The maximum absolute atomic E-state index is 3.53. The van der Waals surface area contributed by atoms with Crippen molar-refractivity contribution >= 4 is 22.7 Å². The molecule has 0 amide bonds. The van der Waals surface area contributed by atoms with Gasteiger partial charge >= 0.3 is 0 Å². The molecule has 0 saturated carbocycles. The van der Waals surface area contributed by atoms with E-state index in [1.165, 1.54) is 22.2 Å². The van der Waals surface area contributed by atoms with Crippen molar-refractivity contribution < 1.29 is 0 Å². The number of hydrogen-bond acceptors (Lipinski definition) is 2. The Morgan fingerprint density at radius 1 is 1.35 bits per heavy atom. The molecule has 0 fully saturated rings. The van der Waals surface area contributed by atoms with E-state index < -0.39 is 0 Å². The molecule has 0 aliphatic heterocycles. The fraction of sp³-hybridized carbons (Fsp3) is 0.429. The van der Waals surface area contributed by atoms with Gasteiger partial charge in [0.15, 0.2) is 0 Å². The Balaban J connectivity index is 1.92. The summed E-state index contributed by atoms with van der Waals surface area (Å²) in [4.78, 5) is 3.31. The van der Waals surface area contributed by atoms with Crippen LogP contribution in [0.25, 0.3) is 10.9 Å². The van der Waals surface area contributed by atoms with Crippen molar-refractivity contribution in [1.82, 2.24) is 10.3 Å². The molecule has 1 aromatic carbocycles. The normalized spacial score (nSPS) is 13.1. The van der Waals surface area contributed by atoms with Crippen LogP contribution in [0.5, 0.6) is 0 Å². The van der Waals surface area contributed by atoms with Gasteiger partial charge in [0.2, 0.25) is 0 Å². The maximum Gasteiger partial charge on any atom is 0.0499 e. The lowest BCUT2D eigenvalue weighted by atomic mass is 10.1. The molecule has 92 valence electrons. The third kappa shape index (κ3) is 3.27. The fourth-order valence-corrected chi connectivity index (χ4v) is 2.78. The zero-order chi connectivity index (χ0) is 12.1. The third-order valence-electron chi connectivity index (χ3n) is 2.93. The lowest BCUT2D eigenvalue weighted by Crippen LogP contribution is -2.22. The second-order valence-corrected chi connectivity index (χ2v) is 5.46. The van der Waals surface area contributed by atoms with E-state index in [1.54, 1.807) is 0 Å². The molecular weight excluding hydrogens is 228 g/mol. The molecule has 0 radical (unpaired) electrons. The summed E-state index contributed by atoms with van der Waals surface area (Å²) in [6, 6.07) is 8.57. The van der Waals surface area contributed by atoms with Crippen LogP contribution in [0.2, 0.25) is 0 Å². The van der Waals surface area contributed by atoms with Crippen LogP contribution >= 0.6 is 11.8 Å². The monoisotopic (exact) mass is 248 g/mol. The number of nitrogens with one attached hydrogen (secondary N) is 2. The topological polar surface area (TPSA) is 27.8 Å². The zero-order valence-corrected chi connectivity index (χ0v) is 11.3. The van der Waals surface area contributed by atoms with Crippen LogP contribution in [-0.4, -0.2) is 23.5 Å². The Morgan fingerprint density at radius 2 is 2.24 bits per heavy atom. The van der Waals surface area contributed by atoms with Crippen molar-refractivity contribution in [2.75, 3.05) is 18.6 Å². The molecule has 1 heterocycles. The molecule has 0 aliphatic carbocycles. The van der Waals surface area contributed by atoms with E-state index in [1.807, 2.05) is 18.0 Å². The number of hydrogen-bond donors (Lipinski definition) is 2. The first-order chi connectivity index (χ1) is 8.31. The number of rotatable bonds is 6. The average Bonchev–Trinajstić information content (AvgIpc) is 2.78. The number of H-pyrrole nitrogens is 1. The van der Waals surface area contributed by atoms with Crippen LogP contribution in [0, 0.1) is 5.92 Å². The molecule has 2 nitrogen and oxygen atoms in total. The minimum Gasteiger partial charge on any atom is -0.361 e. The van der Waals surface area contributed by atoms with Gasteiger partial charge in [-0.1, -0.05) is 25.1 Å². The molecule has 1 atom stereocenters. The van der Waals surface area contributed by atoms with Crippen LogP contribution in [-0.2, 0) is 6.54 Å². The summed E-state index contributed by atoms with van der Waals surface area (Å²) < 4.78 is 0. The Morgan fingerprint density at radius 3 is 3.06 bits per heavy atom. The smallest absolute Gasteiger partial charge is 0.0499 e. The first kappa shape index (κ1) is 12.5. The van der Waals surface area contributed by atoms with Crippen molar-refractivity contribution in [1.29, 1.82) is 0 Å². The van der Waals surface area contributed by atoms with Crippen molar-refractivity contribution in [3.8, 4) is 0 Å². The molecule has 0 saturated heterocycles. The largest absolute Gasteiger partial charge is 0.361 e. The van der Waals surface area contributed by atoms with Crippen molar-refractivity contribution in [2.45, 2.75) is 13.5 Å². The molecule has 0 spiro atoms. The summed E-state index contributed by atoms with van der Waals surface area (Å²) in [5.74, 6) is 1.95. The Hall–Kier alpha value is -0.930. The van der Waals surface area contributed by atoms with Crippen molar-refractivity contribution in [3.63, 3.8) is 0 Å². The van der Waals surface area contributed by atoms with Crippen LogP contribution < -0.4 is 5.32 Å². The molecular formula is C14H20N2S. The number of thioether (sulfide) groups is 1. The molecule has 3 heteroatoms. The van der Waals surface area contributed by atoms with Gasteiger partial charge < -0.3 is 10.3 Å². The van der Waals surface area contributed by atoms with Gasteiger partial charge in [-0.3, -0.25) is 0 Å². The standard InChI is InChI=1S/C14H20N2S/c1-11(10-17-2)8-15-9-13-5-3-4-12-6-7-16-14(12)13/h3-7,11,15-16H,8-10H2,1-2H3. The van der Waals surface area contributed by atoms with Gasteiger partial charge in [-0.2, -0.15) is 11.8 Å². The van der Waals surface area contributed by atoms with Gasteiger partial charge in [-0.15, -0.1) is 0 Å². The molecule has 1 unspecified atom stereocenters. The van der Waals surface area contributed by atoms with Gasteiger partial charge in [0, 0.05) is 18.3 Å². The Labute approximate surface area is 107 Å². The van der Waals surface area contributed by atoms with Gasteiger partial charge in [0.25, 0.3) is 0 Å². The minimum atomic E-state index is 0.729. The minimum absolute atomic E-state index is 0.729. The molecule has 17 heavy (non-hydrogen) atoms. The SMILES string of the molecule is CSCC(C)CNCc1cccc2cc[nH]c12. The molecule has 2 aromatic rings. The fourth-order valence-electron chi connectivity index (χ4n) is 2.09. The highest BCUT2D eigenvalue weighted by Gasteiger charge is 2.03. The third-order valence-corrected chi connectivity index (χ3v) is 3.84. The number of para-hydroxylation sites is 1. The number of aromatic amines is 1. The zero-order valence-electron chi connectivity index (χ0n) is 10.5. The number of fused-ring (bicyclic) bond motifs is 1. The van der Waals surface area contributed by atoms with Crippen LogP contribution in [0.4, 0.5) is 0 Å². The van der Waals surface area contributed by atoms with Gasteiger partial charge in [-0.25, -0.2) is 0 Å². The summed E-state index contributed by atoms with van der Waals surface area (Å²) >= 11 is 1.91. The van der Waals surface area contributed by atoms with Crippen LogP contribution in [0.1, 0.15) is 12.5 Å². The van der Waals surface area contributed by atoms with E-state index in [-0.39, 0.29) is 0 Å². The molecule has 0 aliphatic rings. The summed E-state index contributed by atoms with van der Waals surface area (Å²) in [5, 5.41) is 4.83. The van der Waals surface area contributed by atoms with E-state index in [2.05, 4.69) is 47.7 Å². The average molecular weight is 248 g/mol. The lowest BCUT2D eigenvalue weighted by Gasteiger charge is -2.11. The molecule has 2 N–H and O–H groups in total. The summed E-state index contributed by atoms with van der Waals surface area (Å²) in [6.45, 7) is 4.31. The molecule has 1 aromatic heterocycles. The van der Waals surface area contributed by atoms with Crippen molar-refractivity contribution in [3.05, 3.63) is 36.0 Å². The second kappa shape index (κ2) is 6.12. The Kier molecular flexibility index (Phi) is 4.51. The highest BCUT2D eigenvalue weighted by molar-refractivity contribution is 7.98. The summed E-state index contributed by atoms with van der Waals surface area (Å²) in [6.07, 6.45) is 4.17. The first-order valence-corrected chi connectivity index (χ1v) is 7.45. The summed E-state index contributed by atoms with van der Waals surface area (Å²) in [5.41, 5.74) is 2.61. The highest BCUT2D eigenvalue weighted by atomic mass is 32.2. The van der Waals surface area contributed by atoms with Gasteiger partial charge in [0.05, 0.1) is 0 Å². The lowest BCUT2D eigenvalue weighted by molar-refractivity contribution is 0.560. The first-order valence-electron chi connectivity index (χ1n) is 6.06. The molecule has 2 rings (SSSR count). The summed E-state index contributed by atoms with van der Waals surface area (Å²) in [7, 11) is 0. The van der Waals surface area contributed by atoms with E-state index in [4.69, 9.17) is 0 Å². The highest BCUT2D eigenvalue weighted by Crippen LogP contribution is 2.16. The predicted octanol–water partition coefficient (Wildman–Crippen LogP) is 3.26. The molecule has 0 bridgehead atoms. The maximum atomic E-state index is 3.53. The number of benzene rings is 1. The van der Waals surface area contributed by atoms with Crippen LogP contribution in [0.3, 0.4) is 0 Å². The van der Waals surface area contributed by atoms with E-state index in [9.17, 15) is 0 Å².